The van der Waals surface area contributed by atoms with Gasteiger partial charge in [-0.2, -0.15) is 8.62 Å². The van der Waals surface area contributed by atoms with E-state index in [1.54, 1.807) is 30.3 Å². The van der Waals surface area contributed by atoms with Crippen molar-refractivity contribution in [1.29, 1.82) is 0 Å². The van der Waals surface area contributed by atoms with Crippen LogP contribution in [0.5, 0.6) is 11.5 Å². The summed E-state index contributed by atoms with van der Waals surface area (Å²) in [4.78, 5) is 94.3. The van der Waals surface area contributed by atoms with Gasteiger partial charge in [0.1, 0.15) is 40.7 Å². The third-order valence-electron chi connectivity index (χ3n) is 10.7. The number of aromatic hydroxyl groups is 1. The number of nitrogens with one attached hydrogen (secondary N) is 1. The van der Waals surface area contributed by atoms with E-state index < -0.39 is 53.4 Å². The molecule has 8 rings (SSSR count). The molecule has 5 aromatic rings. The van der Waals surface area contributed by atoms with E-state index in [9.17, 15) is 58.2 Å². The first-order valence-corrected chi connectivity index (χ1v) is 25.1. The number of imidazole rings is 1. The molecule has 0 amide bonds. The minimum atomic E-state index is -5.77. The number of nitrogens with zero attached hydrogens (tertiary/aromatic N) is 4. The number of aliphatic hydroxyl groups excluding tert-OH is 1. The van der Waals surface area contributed by atoms with Crippen molar-refractivity contribution in [2.75, 3.05) is 11.9 Å². The number of fused-ring (bicyclic) bond motifs is 3. The van der Waals surface area contributed by atoms with Gasteiger partial charge in [-0.15, -0.1) is 0 Å². The number of phenols is 1. The maximum Gasteiger partial charge on any atom is 0.490 e. The highest BCUT2D eigenvalue weighted by molar-refractivity contribution is 7.66. The highest BCUT2D eigenvalue weighted by Gasteiger charge is 2.43. The van der Waals surface area contributed by atoms with Crippen molar-refractivity contribution in [2.45, 2.75) is 44.2 Å². The van der Waals surface area contributed by atoms with Crippen molar-refractivity contribution in [3.63, 3.8) is 0 Å². The van der Waals surface area contributed by atoms with Crippen LogP contribution in [0.4, 0.5) is 11.4 Å². The molecule has 4 heterocycles. The van der Waals surface area contributed by atoms with Gasteiger partial charge in [0.05, 0.1) is 29.6 Å². The first-order chi connectivity index (χ1) is 33.7. The summed E-state index contributed by atoms with van der Waals surface area (Å²) in [5, 5.41) is 36.6. The van der Waals surface area contributed by atoms with E-state index in [2.05, 4.69) is 40.3 Å². The lowest BCUT2D eigenvalue weighted by Gasteiger charge is -2.19. The first kappa shape index (κ1) is 50.4. The number of hydrogen-bond donors (Lipinski definition) is 7. The van der Waals surface area contributed by atoms with Crippen molar-refractivity contribution in [2.24, 2.45) is 0 Å². The zero-order valence-electron chi connectivity index (χ0n) is 36.0. The molecule has 28 heteroatoms. The number of hydrogen-bond acceptors (Lipinski definition) is 19. The Labute approximate surface area is 398 Å². The number of ketones is 1. The number of phosphoric ester groups is 1. The first-order valence-electron chi connectivity index (χ1n) is 20.6. The minimum absolute atomic E-state index is 0.0528. The molecule has 0 bridgehead atoms. The van der Waals surface area contributed by atoms with Crippen molar-refractivity contribution in [3.05, 3.63) is 128 Å². The van der Waals surface area contributed by atoms with Crippen LogP contribution >= 0.6 is 23.5 Å². The number of carbonyl (C=O) groups excluding carboxylic acids is 2. The van der Waals surface area contributed by atoms with Crippen LogP contribution in [0.3, 0.4) is 0 Å². The standard InChI is InChI=1S/C43H36N5O20P3/c49-23-63-36-12-7-25(16-31(36)41-29-10-8-27(50)17-37(29)65-38-18-28(51)9-11-30(38)41)34(52)4-2-1-3-24-5-6-26(33(15-24)48(54)55)20-45-32-13-14-44-43-42(32)46-22-47(43)40-19-35(53)39(66-40)21-64-70(59,60)68-71(61,62)67-69(56,57)58/h5-18,22-23,35,39-40,50,53H,2,4,19-21H2,(H,44,45)(H,59,60)(H,61,62)(H2,56,57,58)/t35?,39-,40-/m1/s1. The second-order valence-electron chi connectivity index (χ2n) is 15.4. The number of nitro groups is 1. The van der Waals surface area contributed by atoms with Crippen LogP contribution in [-0.2, 0) is 42.9 Å². The Morgan fingerprint density at radius 3 is 2.54 bits per heavy atom. The number of phenolic OH excluding ortho intramolecular Hbond substituents is 1. The zero-order valence-corrected chi connectivity index (χ0v) is 38.7. The zero-order chi connectivity index (χ0) is 50.8. The number of carbonyl (C=O) groups is 2. The highest BCUT2D eigenvalue weighted by Crippen LogP contribution is 2.66. The lowest BCUT2D eigenvalue weighted by molar-refractivity contribution is -0.385. The summed E-state index contributed by atoms with van der Waals surface area (Å²) < 4.78 is 65.1. The molecule has 1 aliphatic carbocycles. The molecular formula is C43H36N5O20P3. The molecule has 7 N–H and O–H groups in total. The molecule has 3 aliphatic rings. The van der Waals surface area contributed by atoms with Gasteiger partial charge in [0.25, 0.3) is 12.2 Å². The van der Waals surface area contributed by atoms with Crippen LogP contribution in [0.2, 0.25) is 0 Å². The van der Waals surface area contributed by atoms with Gasteiger partial charge in [-0.1, -0.05) is 11.8 Å². The second-order valence-corrected chi connectivity index (χ2v) is 19.8. The molecule has 3 aromatic carbocycles. The summed E-state index contributed by atoms with van der Waals surface area (Å²) in [6.07, 6.45) is -0.993. The third-order valence-corrected chi connectivity index (χ3v) is 14.5. The van der Waals surface area contributed by atoms with Crippen molar-refractivity contribution in [3.8, 4) is 45.8 Å². The lowest BCUT2D eigenvalue weighted by atomic mass is 9.91. The van der Waals surface area contributed by atoms with E-state index in [0.717, 1.165) is 0 Å². The van der Waals surface area contributed by atoms with Crippen LogP contribution in [-0.4, -0.2) is 80.3 Å². The largest absolute Gasteiger partial charge is 0.508 e. The van der Waals surface area contributed by atoms with Crippen molar-refractivity contribution in [1.82, 2.24) is 14.5 Å². The summed E-state index contributed by atoms with van der Waals surface area (Å²) >= 11 is 0. The van der Waals surface area contributed by atoms with Gasteiger partial charge >= 0.3 is 23.5 Å². The molecule has 3 unspecified atom stereocenters. The van der Waals surface area contributed by atoms with Gasteiger partial charge < -0.3 is 49.0 Å². The summed E-state index contributed by atoms with van der Waals surface area (Å²) in [5.41, 5.74) is 2.70. The van der Waals surface area contributed by atoms with Crippen molar-refractivity contribution >= 4 is 69.2 Å². The summed E-state index contributed by atoms with van der Waals surface area (Å²) in [6, 6.07) is 19.0. The van der Waals surface area contributed by atoms with Crippen LogP contribution in [0.15, 0.2) is 101 Å². The Balaban J connectivity index is 0.919. The van der Waals surface area contributed by atoms with Crippen LogP contribution in [0, 0.1) is 22.0 Å². The summed E-state index contributed by atoms with van der Waals surface area (Å²) in [5.74, 6) is 5.65. The molecule has 25 nitrogen and oxygen atoms in total. The number of pyridine rings is 1. The average molecular weight is 1040 g/mol. The molecule has 5 atom stereocenters. The van der Waals surface area contributed by atoms with Gasteiger partial charge in [-0.25, -0.2) is 23.7 Å². The number of nitro benzene ring substituents is 1. The van der Waals surface area contributed by atoms with Crippen LogP contribution in [0.25, 0.3) is 44.6 Å². The second kappa shape index (κ2) is 20.4. The van der Waals surface area contributed by atoms with E-state index >= 15 is 0 Å². The predicted molar refractivity (Wildman–Crippen MR) is 246 cm³/mol. The smallest absolute Gasteiger partial charge is 0.490 e. The third kappa shape index (κ3) is 11.8. The number of anilines is 1. The maximum atomic E-state index is 13.5. The number of aliphatic hydroxyl groups is 1. The minimum Gasteiger partial charge on any atom is -0.508 e. The molecule has 71 heavy (non-hydrogen) atoms. The monoisotopic (exact) mass is 1040 g/mol. The van der Waals surface area contributed by atoms with E-state index in [4.69, 9.17) is 23.7 Å². The SMILES string of the molecule is O=COc1ccc(C(=O)CCC#Cc2ccc(CNc3ccnc4c3ncn4[C@H]3CC(O)[C@@H](COP(=O)(O)OP(=O)(O)OP(=O)(O)O)O3)c([N+](=O)[O-])c2)cc1-c1c2ccc(=O)cc-2oc2cc(O)ccc12. The Morgan fingerprint density at radius 2 is 1.77 bits per heavy atom. The van der Waals surface area contributed by atoms with E-state index in [0.29, 0.717) is 38.8 Å². The molecule has 368 valence electrons. The molecular weight excluding hydrogens is 999 g/mol. The van der Waals surface area contributed by atoms with E-state index in [-0.39, 0.29) is 88.8 Å². The van der Waals surface area contributed by atoms with Crippen molar-refractivity contribution < 1.29 is 85.0 Å². The fourth-order valence-corrected chi connectivity index (χ4v) is 10.7. The van der Waals surface area contributed by atoms with Gasteiger partial charge in [0, 0.05) is 89.0 Å². The lowest BCUT2D eigenvalue weighted by Crippen LogP contribution is -2.26. The molecule has 0 radical (unpaired) electrons. The molecule has 2 aliphatic heterocycles. The Hall–Kier alpha value is -7.00. The molecule has 2 aromatic heterocycles. The Kier molecular flexibility index (Phi) is 14.5. The number of benzene rings is 4. The Bertz CT molecular complexity index is 3490. The molecule has 1 fully saturated rings. The van der Waals surface area contributed by atoms with Gasteiger partial charge in [0.15, 0.2) is 16.9 Å². The number of ether oxygens (including phenoxy) is 2. The van der Waals surface area contributed by atoms with Crippen LogP contribution < -0.4 is 15.5 Å². The molecule has 0 saturated carbocycles. The predicted octanol–water partition coefficient (Wildman–Crippen LogP) is 6.08. The molecule has 1 saturated heterocycles. The molecule has 0 spiro atoms. The fraction of sp³-hybridized carbons (Fsp3) is 0.186. The van der Waals surface area contributed by atoms with Gasteiger partial charge in [-0.05, 0) is 60.7 Å². The number of phosphoric acid groups is 3. The number of aromatic nitrogens is 3. The van der Waals surface area contributed by atoms with Gasteiger partial charge in [0.2, 0.25) is 0 Å². The topological polar surface area (TPSA) is 369 Å². The van der Waals surface area contributed by atoms with Gasteiger partial charge in [-0.3, -0.25) is 33.6 Å². The highest BCUT2D eigenvalue weighted by atomic mass is 31.3. The van der Waals surface area contributed by atoms with E-state index in [1.807, 2.05) is 0 Å². The Morgan fingerprint density at radius 1 is 0.972 bits per heavy atom. The van der Waals surface area contributed by atoms with Crippen LogP contribution in [0.1, 0.15) is 47.0 Å². The normalized spacial score (nSPS) is 17.6. The quantitative estimate of drug-likeness (QED) is 0.00974. The summed E-state index contributed by atoms with van der Waals surface area (Å²) in [7, 11) is -16.9. The maximum absolute atomic E-state index is 13.5. The summed E-state index contributed by atoms with van der Waals surface area (Å²) in [6.45, 7) is -0.708. The fourth-order valence-electron chi connectivity index (χ4n) is 7.63. The number of rotatable bonds is 18. The number of Topliss-reactive ketones (excluding diaryl/α,β-unsaturated/α-hetero) is 1. The van der Waals surface area contributed by atoms with E-state index in [1.165, 1.54) is 65.6 Å². The average Bonchev–Trinajstić information content (AvgIpc) is 3.90.